The van der Waals surface area contributed by atoms with Crippen LogP contribution in [0.2, 0.25) is 0 Å². The van der Waals surface area contributed by atoms with E-state index in [1.807, 2.05) is 44.3 Å². The van der Waals surface area contributed by atoms with Gasteiger partial charge in [-0.1, -0.05) is 0 Å². The third-order valence-electron chi connectivity index (χ3n) is 2.95. The summed E-state index contributed by atoms with van der Waals surface area (Å²) in [5.74, 6) is 1.90. The second-order valence-electron chi connectivity index (χ2n) is 4.59. The van der Waals surface area contributed by atoms with E-state index < -0.39 is 0 Å². The minimum atomic E-state index is 0.0663. The van der Waals surface area contributed by atoms with Gasteiger partial charge in [-0.3, -0.25) is 4.79 Å². The molecule has 2 aromatic rings. The molecule has 3 nitrogen and oxygen atoms in total. The highest BCUT2D eigenvalue weighted by Gasteiger charge is 2.10. The number of Topliss-reactive ketones (excluding diaryl/α,β-unsaturated/α-hetero) is 1. The predicted molar refractivity (Wildman–Crippen MR) is 79.7 cm³/mol. The van der Waals surface area contributed by atoms with E-state index in [2.05, 4.69) is 20.8 Å². The van der Waals surface area contributed by atoms with Crippen molar-refractivity contribution in [1.29, 1.82) is 0 Å². The fourth-order valence-electron chi connectivity index (χ4n) is 1.92. The van der Waals surface area contributed by atoms with Crippen LogP contribution in [0.4, 0.5) is 5.69 Å². The Morgan fingerprint density at radius 1 is 1.32 bits per heavy atom. The SMILES string of the molecule is CC(=O)c1ccc(N(C)Cc2ccc(C)o2)c(Br)c1. The number of furan rings is 1. The fraction of sp³-hybridized carbons (Fsp3) is 0.267. The Labute approximate surface area is 121 Å². The molecule has 1 aromatic heterocycles. The molecule has 0 fully saturated rings. The summed E-state index contributed by atoms with van der Waals surface area (Å²) in [4.78, 5) is 13.4. The molecule has 19 heavy (non-hydrogen) atoms. The first-order valence-electron chi connectivity index (χ1n) is 6.04. The highest BCUT2D eigenvalue weighted by atomic mass is 79.9. The second-order valence-corrected chi connectivity index (χ2v) is 5.45. The van der Waals surface area contributed by atoms with Gasteiger partial charge in [-0.15, -0.1) is 0 Å². The molecule has 100 valence electrons. The molecule has 0 saturated carbocycles. The number of carbonyl (C=O) groups is 1. The quantitative estimate of drug-likeness (QED) is 0.792. The maximum absolute atomic E-state index is 11.3. The zero-order valence-corrected chi connectivity index (χ0v) is 12.8. The van der Waals surface area contributed by atoms with E-state index >= 15 is 0 Å². The van der Waals surface area contributed by atoms with Crippen LogP contribution in [-0.4, -0.2) is 12.8 Å². The molecule has 0 unspecified atom stereocenters. The summed E-state index contributed by atoms with van der Waals surface area (Å²) in [6.07, 6.45) is 0. The number of benzene rings is 1. The summed E-state index contributed by atoms with van der Waals surface area (Å²) in [6.45, 7) is 4.18. The van der Waals surface area contributed by atoms with Crippen molar-refractivity contribution in [2.75, 3.05) is 11.9 Å². The molecular weight excluding hydrogens is 306 g/mol. The van der Waals surface area contributed by atoms with Crippen molar-refractivity contribution in [2.45, 2.75) is 20.4 Å². The first kappa shape index (κ1) is 13.9. The maximum Gasteiger partial charge on any atom is 0.159 e. The van der Waals surface area contributed by atoms with Gasteiger partial charge in [0.1, 0.15) is 11.5 Å². The van der Waals surface area contributed by atoms with Crippen molar-refractivity contribution in [3.8, 4) is 0 Å². The van der Waals surface area contributed by atoms with Gasteiger partial charge in [0.25, 0.3) is 0 Å². The van der Waals surface area contributed by atoms with E-state index in [-0.39, 0.29) is 5.78 Å². The maximum atomic E-state index is 11.3. The van der Waals surface area contributed by atoms with Gasteiger partial charge in [-0.05, 0) is 60.1 Å². The Morgan fingerprint density at radius 2 is 2.05 bits per heavy atom. The Balaban J connectivity index is 2.19. The van der Waals surface area contributed by atoms with Crippen molar-refractivity contribution in [2.24, 2.45) is 0 Å². The number of rotatable bonds is 4. The zero-order valence-electron chi connectivity index (χ0n) is 11.2. The predicted octanol–water partition coefficient (Wildman–Crippen LogP) is 4.19. The average molecular weight is 322 g/mol. The molecule has 0 radical (unpaired) electrons. The van der Waals surface area contributed by atoms with Gasteiger partial charge in [0.05, 0.1) is 12.2 Å². The molecule has 4 heteroatoms. The number of ketones is 1. The number of hydrogen-bond acceptors (Lipinski definition) is 3. The van der Waals surface area contributed by atoms with E-state index in [4.69, 9.17) is 4.42 Å². The van der Waals surface area contributed by atoms with Gasteiger partial charge in [0.15, 0.2) is 5.78 Å². The second kappa shape index (κ2) is 5.61. The van der Waals surface area contributed by atoms with Crippen LogP contribution in [0.25, 0.3) is 0 Å². The topological polar surface area (TPSA) is 33.5 Å². The highest BCUT2D eigenvalue weighted by molar-refractivity contribution is 9.10. The lowest BCUT2D eigenvalue weighted by Crippen LogP contribution is -2.16. The molecule has 2 rings (SSSR count). The number of hydrogen-bond donors (Lipinski definition) is 0. The number of aryl methyl sites for hydroxylation is 1. The van der Waals surface area contributed by atoms with Crippen LogP contribution >= 0.6 is 15.9 Å². The van der Waals surface area contributed by atoms with Gasteiger partial charge < -0.3 is 9.32 Å². The molecule has 0 bridgehead atoms. The summed E-state index contributed by atoms with van der Waals surface area (Å²) >= 11 is 3.51. The number of halogens is 1. The van der Waals surface area contributed by atoms with Crippen LogP contribution in [0.1, 0.15) is 28.8 Å². The summed E-state index contributed by atoms with van der Waals surface area (Å²) in [5, 5.41) is 0. The lowest BCUT2D eigenvalue weighted by atomic mass is 10.1. The number of carbonyl (C=O) groups excluding carboxylic acids is 1. The summed E-state index contributed by atoms with van der Waals surface area (Å²) in [6, 6.07) is 9.56. The lowest BCUT2D eigenvalue weighted by molar-refractivity contribution is 0.101. The van der Waals surface area contributed by atoms with E-state index in [1.165, 1.54) is 0 Å². The van der Waals surface area contributed by atoms with Crippen molar-refractivity contribution in [3.05, 3.63) is 51.9 Å². The van der Waals surface area contributed by atoms with E-state index in [0.717, 1.165) is 21.7 Å². The third-order valence-corrected chi connectivity index (χ3v) is 3.59. The van der Waals surface area contributed by atoms with E-state index in [1.54, 1.807) is 6.92 Å². The first-order chi connectivity index (χ1) is 8.97. The molecule has 0 atom stereocenters. The number of anilines is 1. The standard InChI is InChI=1S/C15H16BrNO2/c1-10-4-6-13(19-10)9-17(3)15-7-5-12(11(2)18)8-14(15)16/h4-8H,9H2,1-3H3. The minimum Gasteiger partial charge on any atom is -0.464 e. The van der Waals surface area contributed by atoms with Gasteiger partial charge in [-0.2, -0.15) is 0 Å². The molecule has 0 amide bonds. The number of nitrogens with zero attached hydrogens (tertiary/aromatic N) is 1. The largest absolute Gasteiger partial charge is 0.464 e. The fourth-order valence-corrected chi connectivity index (χ4v) is 2.61. The summed E-state index contributed by atoms with van der Waals surface area (Å²) in [5.41, 5.74) is 1.73. The normalized spacial score (nSPS) is 10.5. The molecule has 0 spiro atoms. The third kappa shape index (κ3) is 3.26. The first-order valence-corrected chi connectivity index (χ1v) is 6.83. The Kier molecular flexibility index (Phi) is 4.10. The summed E-state index contributed by atoms with van der Waals surface area (Å²) < 4.78 is 6.47. The lowest BCUT2D eigenvalue weighted by Gasteiger charge is -2.20. The van der Waals surface area contributed by atoms with Crippen molar-refractivity contribution in [3.63, 3.8) is 0 Å². The van der Waals surface area contributed by atoms with Crippen molar-refractivity contribution in [1.82, 2.24) is 0 Å². The summed E-state index contributed by atoms with van der Waals surface area (Å²) in [7, 11) is 1.99. The van der Waals surface area contributed by atoms with Crippen LogP contribution in [-0.2, 0) is 6.54 Å². The van der Waals surface area contributed by atoms with Crippen LogP contribution < -0.4 is 4.90 Å². The molecule has 1 heterocycles. The molecule has 0 saturated heterocycles. The molecular formula is C15H16BrNO2. The van der Waals surface area contributed by atoms with Gasteiger partial charge in [-0.25, -0.2) is 0 Å². The van der Waals surface area contributed by atoms with Crippen LogP contribution in [0.15, 0.2) is 39.2 Å². The van der Waals surface area contributed by atoms with E-state index in [9.17, 15) is 4.79 Å². The highest BCUT2D eigenvalue weighted by Crippen LogP contribution is 2.28. The van der Waals surface area contributed by atoms with Gasteiger partial charge in [0.2, 0.25) is 0 Å². The Morgan fingerprint density at radius 3 is 2.58 bits per heavy atom. The van der Waals surface area contributed by atoms with E-state index in [0.29, 0.717) is 12.1 Å². The molecule has 0 N–H and O–H groups in total. The van der Waals surface area contributed by atoms with Gasteiger partial charge in [0, 0.05) is 17.1 Å². The monoisotopic (exact) mass is 321 g/mol. The van der Waals surface area contributed by atoms with Crippen LogP contribution in [0.3, 0.4) is 0 Å². The van der Waals surface area contributed by atoms with Crippen LogP contribution in [0.5, 0.6) is 0 Å². The molecule has 1 aromatic carbocycles. The van der Waals surface area contributed by atoms with Crippen LogP contribution in [0, 0.1) is 6.92 Å². The Hall–Kier alpha value is -1.55. The zero-order chi connectivity index (χ0) is 14.0. The average Bonchev–Trinajstić information content (AvgIpc) is 2.74. The molecule has 0 aliphatic rings. The van der Waals surface area contributed by atoms with Gasteiger partial charge >= 0.3 is 0 Å². The molecule has 0 aliphatic heterocycles. The Bertz CT molecular complexity index is 604. The van der Waals surface area contributed by atoms with Crippen molar-refractivity contribution >= 4 is 27.4 Å². The minimum absolute atomic E-state index is 0.0663. The van der Waals surface area contributed by atoms with Crippen molar-refractivity contribution < 1.29 is 9.21 Å². The smallest absolute Gasteiger partial charge is 0.159 e. The molecule has 0 aliphatic carbocycles.